The zero-order valence-electron chi connectivity index (χ0n) is 18.5. The Morgan fingerprint density at radius 2 is 1.88 bits per heavy atom. The summed E-state index contributed by atoms with van der Waals surface area (Å²) in [4.78, 5) is 31.4. The van der Waals surface area contributed by atoms with Gasteiger partial charge in [0.1, 0.15) is 11.6 Å². The Hall–Kier alpha value is -3.52. The van der Waals surface area contributed by atoms with Crippen molar-refractivity contribution in [1.82, 2.24) is 4.57 Å². The number of halogens is 1. The van der Waals surface area contributed by atoms with Crippen molar-refractivity contribution in [3.05, 3.63) is 96.4 Å². The van der Waals surface area contributed by atoms with E-state index >= 15 is 0 Å². The van der Waals surface area contributed by atoms with Crippen LogP contribution in [0.2, 0.25) is 0 Å². The molecule has 1 aliphatic heterocycles. The number of hydrogen-bond donors (Lipinski definition) is 0. The molecule has 0 aliphatic carbocycles. The van der Waals surface area contributed by atoms with Gasteiger partial charge in [-0.3, -0.25) is 9.36 Å². The monoisotopic (exact) mass is 466 g/mol. The van der Waals surface area contributed by atoms with Crippen molar-refractivity contribution in [2.45, 2.75) is 26.8 Å². The predicted molar refractivity (Wildman–Crippen MR) is 124 cm³/mol. The Bertz CT molecular complexity index is 1400. The molecule has 0 amide bonds. The van der Waals surface area contributed by atoms with Crippen LogP contribution in [0.3, 0.4) is 0 Å². The number of para-hydroxylation sites is 1. The lowest BCUT2D eigenvalue weighted by Crippen LogP contribution is -2.39. The van der Waals surface area contributed by atoms with Gasteiger partial charge in [0.25, 0.3) is 5.56 Å². The van der Waals surface area contributed by atoms with E-state index in [1.54, 1.807) is 32.1 Å². The SMILES string of the molecule is CCOC(=O)C1=C(C)N=c2s/c(=C\c3ccccc3OCC)c(=O)n2C1c1ccc(F)cc1. The number of esters is 1. The van der Waals surface area contributed by atoms with Crippen LogP contribution in [0.25, 0.3) is 6.08 Å². The molecule has 1 unspecified atom stereocenters. The Morgan fingerprint density at radius 1 is 1.15 bits per heavy atom. The number of allylic oxidation sites excluding steroid dienone is 1. The molecule has 0 bridgehead atoms. The van der Waals surface area contributed by atoms with Crippen molar-refractivity contribution in [1.29, 1.82) is 0 Å². The van der Waals surface area contributed by atoms with Crippen molar-refractivity contribution in [3.63, 3.8) is 0 Å². The van der Waals surface area contributed by atoms with Crippen molar-refractivity contribution < 1.29 is 18.7 Å². The zero-order valence-corrected chi connectivity index (χ0v) is 19.3. The molecule has 1 atom stereocenters. The predicted octanol–water partition coefficient (Wildman–Crippen LogP) is 3.34. The van der Waals surface area contributed by atoms with Crippen LogP contribution in [-0.2, 0) is 9.53 Å². The van der Waals surface area contributed by atoms with Gasteiger partial charge in [-0.25, -0.2) is 14.2 Å². The molecule has 0 saturated heterocycles. The summed E-state index contributed by atoms with van der Waals surface area (Å²) in [5.41, 5.74) is 1.79. The molecule has 0 saturated carbocycles. The summed E-state index contributed by atoms with van der Waals surface area (Å²) < 4.78 is 26.5. The minimum absolute atomic E-state index is 0.185. The number of benzene rings is 2. The third-order valence-corrected chi connectivity index (χ3v) is 6.19. The number of aromatic nitrogens is 1. The van der Waals surface area contributed by atoms with Crippen LogP contribution in [0.1, 0.15) is 37.9 Å². The van der Waals surface area contributed by atoms with Crippen LogP contribution < -0.4 is 19.6 Å². The van der Waals surface area contributed by atoms with Crippen molar-refractivity contribution in [2.75, 3.05) is 13.2 Å². The normalized spacial score (nSPS) is 15.8. The van der Waals surface area contributed by atoms with Crippen molar-refractivity contribution >= 4 is 23.4 Å². The first-order valence-electron chi connectivity index (χ1n) is 10.6. The van der Waals surface area contributed by atoms with Gasteiger partial charge in [-0.15, -0.1) is 0 Å². The van der Waals surface area contributed by atoms with Gasteiger partial charge in [0.05, 0.1) is 35.1 Å². The van der Waals surface area contributed by atoms with Crippen LogP contribution in [-0.4, -0.2) is 23.8 Å². The maximum Gasteiger partial charge on any atom is 0.338 e. The highest BCUT2D eigenvalue weighted by Crippen LogP contribution is 2.30. The third kappa shape index (κ3) is 4.39. The second kappa shape index (κ2) is 9.54. The molecule has 8 heteroatoms. The summed E-state index contributed by atoms with van der Waals surface area (Å²) in [7, 11) is 0. The highest BCUT2D eigenvalue weighted by molar-refractivity contribution is 7.07. The molecule has 0 spiro atoms. The van der Waals surface area contributed by atoms with E-state index in [0.29, 0.717) is 33.0 Å². The fourth-order valence-electron chi connectivity index (χ4n) is 3.78. The van der Waals surface area contributed by atoms with Gasteiger partial charge in [0.15, 0.2) is 4.80 Å². The Morgan fingerprint density at radius 3 is 2.58 bits per heavy atom. The zero-order chi connectivity index (χ0) is 23.5. The van der Waals surface area contributed by atoms with E-state index in [1.807, 2.05) is 31.2 Å². The number of carbonyl (C=O) groups excluding carboxylic acids is 1. The number of carbonyl (C=O) groups is 1. The van der Waals surface area contributed by atoms with Crippen molar-refractivity contribution in [3.8, 4) is 5.75 Å². The Kier molecular flexibility index (Phi) is 6.55. The van der Waals surface area contributed by atoms with E-state index in [9.17, 15) is 14.0 Å². The van der Waals surface area contributed by atoms with Gasteiger partial charge in [-0.05, 0) is 50.6 Å². The second-order valence-corrected chi connectivity index (χ2v) is 8.33. The van der Waals surface area contributed by atoms with Crippen LogP contribution in [0.4, 0.5) is 4.39 Å². The molecule has 1 aliphatic rings. The Balaban J connectivity index is 1.95. The molecule has 0 radical (unpaired) electrons. The first-order chi connectivity index (χ1) is 15.9. The summed E-state index contributed by atoms with van der Waals surface area (Å²) >= 11 is 1.23. The molecule has 0 fully saturated rings. The lowest BCUT2D eigenvalue weighted by Gasteiger charge is -2.24. The largest absolute Gasteiger partial charge is 0.493 e. The number of ether oxygens (including phenoxy) is 2. The van der Waals surface area contributed by atoms with Crippen molar-refractivity contribution in [2.24, 2.45) is 4.99 Å². The molecule has 0 N–H and O–H groups in total. The molecular formula is C25H23FN2O4S. The van der Waals surface area contributed by atoms with E-state index < -0.39 is 17.8 Å². The van der Waals surface area contributed by atoms with Crippen LogP contribution in [0.5, 0.6) is 5.75 Å². The molecule has 6 nitrogen and oxygen atoms in total. The lowest BCUT2D eigenvalue weighted by atomic mass is 9.96. The maximum absolute atomic E-state index is 13.6. The number of rotatable bonds is 6. The molecule has 170 valence electrons. The minimum atomic E-state index is -0.773. The molecule has 1 aromatic heterocycles. The van der Waals surface area contributed by atoms with Gasteiger partial charge in [-0.2, -0.15) is 0 Å². The number of nitrogens with zero attached hydrogens (tertiary/aromatic N) is 2. The summed E-state index contributed by atoms with van der Waals surface area (Å²) in [5, 5.41) is 0. The first kappa shape index (κ1) is 22.7. The average molecular weight is 467 g/mol. The van der Waals surface area contributed by atoms with E-state index in [0.717, 1.165) is 5.56 Å². The van der Waals surface area contributed by atoms with Gasteiger partial charge in [0, 0.05) is 5.56 Å². The van der Waals surface area contributed by atoms with Gasteiger partial charge in [0.2, 0.25) is 0 Å². The van der Waals surface area contributed by atoms with E-state index in [-0.39, 0.29) is 17.7 Å². The highest BCUT2D eigenvalue weighted by Gasteiger charge is 2.33. The second-order valence-electron chi connectivity index (χ2n) is 7.32. The Labute approximate surface area is 193 Å². The van der Waals surface area contributed by atoms with E-state index in [1.165, 1.54) is 28.0 Å². The average Bonchev–Trinajstić information content (AvgIpc) is 3.09. The summed E-state index contributed by atoms with van der Waals surface area (Å²) in [6.07, 6.45) is 1.76. The standard InChI is InChI=1S/C25H23FN2O4S/c1-4-31-19-9-7-6-8-17(19)14-20-23(29)28-22(16-10-12-18(26)13-11-16)21(24(30)32-5-2)15(3)27-25(28)33-20/h6-14,22H,4-5H2,1-3H3/b20-14-. The lowest BCUT2D eigenvalue weighted by molar-refractivity contribution is -0.139. The fourth-order valence-corrected chi connectivity index (χ4v) is 4.82. The minimum Gasteiger partial charge on any atom is -0.493 e. The van der Waals surface area contributed by atoms with Crippen LogP contribution >= 0.6 is 11.3 Å². The highest BCUT2D eigenvalue weighted by atomic mass is 32.1. The number of thiazole rings is 1. The molecule has 4 rings (SSSR count). The fraction of sp³-hybridized carbons (Fsp3) is 0.240. The molecule has 33 heavy (non-hydrogen) atoms. The van der Waals surface area contributed by atoms with Gasteiger partial charge >= 0.3 is 5.97 Å². The number of hydrogen-bond acceptors (Lipinski definition) is 6. The maximum atomic E-state index is 13.6. The first-order valence-corrected chi connectivity index (χ1v) is 11.4. The quantitative estimate of drug-likeness (QED) is 0.523. The molecule has 2 aromatic carbocycles. The van der Waals surface area contributed by atoms with Crippen LogP contribution in [0.15, 0.2) is 69.6 Å². The van der Waals surface area contributed by atoms with E-state index in [2.05, 4.69) is 4.99 Å². The molecule has 3 aromatic rings. The molecule has 2 heterocycles. The third-order valence-electron chi connectivity index (χ3n) is 5.21. The van der Waals surface area contributed by atoms with E-state index in [4.69, 9.17) is 9.47 Å². The van der Waals surface area contributed by atoms with Gasteiger partial charge in [-0.1, -0.05) is 41.7 Å². The summed E-state index contributed by atoms with van der Waals surface area (Å²) in [6.45, 7) is 6.01. The van der Waals surface area contributed by atoms with Crippen LogP contribution in [0, 0.1) is 5.82 Å². The smallest absolute Gasteiger partial charge is 0.338 e. The summed E-state index contributed by atoms with van der Waals surface area (Å²) in [5.74, 6) is -0.287. The van der Waals surface area contributed by atoms with Gasteiger partial charge < -0.3 is 9.47 Å². The summed E-state index contributed by atoms with van der Waals surface area (Å²) in [6, 6.07) is 12.4. The topological polar surface area (TPSA) is 69.9 Å². The number of fused-ring (bicyclic) bond motifs is 1. The molecular weight excluding hydrogens is 443 g/mol.